The molecule has 2 aliphatic rings. The van der Waals surface area contributed by atoms with E-state index < -0.39 is 0 Å². The maximum absolute atomic E-state index is 10.9. The van der Waals surface area contributed by atoms with Crippen molar-refractivity contribution in [2.24, 2.45) is 5.92 Å². The van der Waals surface area contributed by atoms with Crippen LogP contribution >= 0.6 is 0 Å². The summed E-state index contributed by atoms with van der Waals surface area (Å²) in [5.74, 6) is 0.624. The van der Waals surface area contributed by atoms with Gasteiger partial charge in [-0.15, -0.1) is 0 Å². The number of aliphatic hydroxyl groups excluding tert-OH is 1. The number of β-amino-alcohol motifs (C(OH)–C–C–N with tert-alkyl or cyclic N) is 1. The molecule has 2 aliphatic heterocycles. The van der Waals surface area contributed by atoms with Gasteiger partial charge < -0.3 is 14.6 Å². The predicted molar refractivity (Wildman–Crippen MR) is 120 cm³/mol. The van der Waals surface area contributed by atoms with Crippen LogP contribution in [0.5, 0.6) is 0 Å². The first-order valence-corrected chi connectivity index (χ1v) is 11.3. The van der Waals surface area contributed by atoms with Crippen molar-refractivity contribution in [3.05, 3.63) is 35.5 Å². The molecule has 2 saturated heterocycles. The Morgan fingerprint density at radius 1 is 1.07 bits per heavy atom. The van der Waals surface area contributed by atoms with Crippen molar-refractivity contribution < 1.29 is 5.11 Å². The third kappa shape index (κ3) is 4.38. The van der Waals surface area contributed by atoms with Gasteiger partial charge in [0, 0.05) is 75.0 Å². The highest BCUT2D eigenvalue weighted by Crippen LogP contribution is 2.29. The molecule has 1 aromatic carbocycles. The third-order valence-corrected chi connectivity index (χ3v) is 6.93. The fourth-order valence-electron chi connectivity index (χ4n) is 5.23. The monoisotopic (exact) mass is 398 g/mol. The second-order valence-electron chi connectivity index (χ2n) is 9.58. The van der Waals surface area contributed by atoms with Gasteiger partial charge in [-0.25, -0.2) is 0 Å². The average Bonchev–Trinajstić information content (AvgIpc) is 2.95. The number of rotatable bonds is 5. The van der Waals surface area contributed by atoms with Crippen LogP contribution in [0.25, 0.3) is 10.9 Å². The van der Waals surface area contributed by atoms with Crippen molar-refractivity contribution in [3.8, 4) is 0 Å². The number of aromatic nitrogens is 1. The van der Waals surface area contributed by atoms with Gasteiger partial charge in [-0.3, -0.25) is 9.80 Å². The van der Waals surface area contributed by atoms with E-state index in [1.165, 1.54) is 22.2 Å². The van der Waals surface area contributed by atoms with Gasteiger partial charge in [-0.2, -0.15) is 0 Å². The number of para-hydroxylation sites is 1. The molecule has 0 amide bonds. The molecule has 0 aliphatic carbocycles. The van der Waals surface area contributed by atoms with E-state index in [1.807, 2.05) is 0 Å². The summed E-state index contributed by atoms with van der Waals surface area (Å²) in [4.78, 5) is 7.36. The Kier molecular flexibility index (Phi) is 6.30. The number of hydrogen-bond donors (Lipinski definition) is 1. The summed E-state index contributed by atoms with van der Waals surface area (Å²) in [5.41, 5.74) is 4.17. The van der Waals surface area contributed by atoms with Crippen molar-refractivity contribution in [1.29, 1.82) is 0 Å². The topological polar surface area (TPSA) is 34.9 Å². The minimum atomic E-state index is -0.253. The number of benzene rings is 1. The summed E-state index contributed by atoms with van der Waals surface area (Å²) < 4.78 is 2.49. The van der Waals surface area contributed by atoms with Crippen LogP contribution < -0.4 is 0 Å². The highest BCUT2D eigenvalue weighted by atomic mass is 16.3. The maximum Gasteiger partial charge on any atom is 0.0822 e. The zero-order valence-corrected chi connectivity index (χ0v) is 18.6. The van der Waals surface area contributed by atoms with Crippen LogP contribution in [0.4, 0.5) is 0 Å². The van der Waals surface area contributed by atoms with E-state index in [-0.39, 0.29) is 6.10 Å². The first-order valence-electron chi connectivity index (χ1n) is 11.3. The fraction of sp³-hybridized carbons (Fsp3) is 0.667. The molecule has 5 nitrogen and oxygen atoms in total. The smallest absolute Gasteiger partial charge is 0.0822 e. The number of likely N-dealkylation sites (N-methyl/N-ethyl adjacent to an activating group) is 1. The van der Waals surface area contributed by atoms with E-state index in [9.17, 15) is 5.11 Å². The number of piperidine rings is 1. The molecule has 2 fully saturated rings. The summed E-state index contributed by atoms with van der Waals surface area (Å²) in [7, 11) is 2.19. The lowest BCUT2D eigenvalue weighted by Crippen LogP contribution is -2.58. The standard InChI is InChI=1S/C24H38N4O/c1-18(2)15-28-19(3)21(20-7-5-6-8-22(20)28)16-26-10-9-23(24(29)17-26)27-13-11-25(4)12-14-27/h5-8,18,23-24,29H,9-17H2,1-4H3/t23-,24-/m1/s1. The SMILES string of the molecule is Cc1c(CN2CC[C@@H](N3CCN(C)CC3)[C@H](O)C2)c2ccccc2n1CC(C)C. The molecule has 0 spiro atoms. The van der Waals surface area contributed by atoms with Crippen LogP contribution in [-0.4, -0.2) is 82.8 Å². The van der Waals surface area contributed by atoms with E-state index in [1.54, 1.807) is 0 Å². The van der Waals surface area contributed by atoms with Crippen LogP contribution in [0.1, 0.15) is 31.5 Å². The number of aliphatic hydroxyl groups is 1. The maximum atomic E-state index is 10.9. The molecule has 160 valence electrons. The molecule has 1 N–H and O–H groups in total. The number of hydrogen-bond acceptors (Lipinski definition) is 4. The molecule has 0 radical (unpaired) electrons. The van der Waals surface area contributed by atoms with Gasteiger partial charge in [0.1, 0.15) is 0 Å². The summed E-state index contributed by atoms with van der Waals surface area (Å²) in [6, 6.07) is 9.14. The van der Waals surface area contributed by atoms with Gasteiger partial charge in [0.2, 0.25) is 0 Å². The largest absolute Gasteiger partial charge is 0.390 e. The highest BCUT2D eigenvalue weighted by Gasteiger charge is 2.33. The normalized spacial score (nSPS) is 25.3. The van der Waals surface area contributed by atoms with Gasteiger partial charge >= 0.3 is 0 Å². The van der Waals surface area contributed by atoms with E-state index in [0.29, 0.717) is 12.0 Å². The molecular weight excluding hydrogens is 360 g/mol. The van der Waals surface area contributed by atoms with Gasteiger partial charge in [-0.1, -0.05) is 32.0 Å². The number of piperazine rings is 1. The molecule has 0 saturated carbocycles. The first-order chi connectivity index (χ1) is 13.9. The summed E-state index contributed by atoms with van der Waals surface area (Å²) in [6.07, 6.45) is 0.811. The van der Waals surface area contributed by atoms with Crippen LogP contribution in [-0.2, 0) is 13.1 Å². The predicted octanol–water partition coefficient (Wildman–Crippen LogP) is 2.79. The summed E-state index contributed by atoms with van der Waals surface area (Å²) in [6.45, 7) is 15.1. The van der Waals surface area contributed by atoms with Crippen molar-refractivity contribution in [2.45, 2.75) is 52.4 Å². The zero-order chi connectivity index (χ0) is 20.5. The number of nitrogens with zero attached hydrogens (tertiary/aromatic N) is 4. The Morgan fingerprint density at radius 3 is 2.48 bits per heavy atom. The Balaban J connectivity index is 1.48. The molecule has 0 unspecified atom stereocenters. The van der Waals surface area contributed by atoms with Crippen molar-refractivity contribution in [1.82, 2.24) is 19.3 Å². The lowest BCUT2D eigenvalue weighted by atomic mass is 9.98. The Morgan fingerprint density at radius 2 is 1.79 bits per heavy atom. The number of likely N-dealkylation sites (tertiary alicyclic amines) is 1. The fourth-order valence-corrected chi connectivity index (χ4v) is 5.23. The van der Waals surface area contributed by atoms with Crippen LogP contribution in [0.15, 0.2) is 24.3 Å². The first kappa shape index (κ1) is 20.9. The van der Waals surface area contributed by atoms with E-state index in [2.05, 4.69) is 71.4 Å². The van der Waals surface area contributed by atoms with Crippen molar-refractivity contribution in [2.75, 3.05) is 46.3 Å². The minimum Gasteiger partial charge on any atom is -0.390 e. The van der Waals surface area contributed by atoms with Gasteiger partial charge in [0.25, 0.3) is 0 Å². The van der Waals surface area contributed by atoms with Gasteiger partial charge in [0.05, 0.1) is 6.10 Å². The van der Waals surface area contributed by atoms with Gasteiger partial charge in [-0.05, 0) is 37.9 Å². The van der Waals surface area contributed by atoms with Gasteiger partial charge in [0.15, 0.2) is 0 Å². The Hall–Kier alpha value is -1.40. The zero-order valence-electron chi connectivity index (χ0n) is 18.6. The quantitative estimate of drug-likeness (QED) is 0.840. The molecule has 0 bridgehead atoms. The average molecular weight is 399 g/mol. The molecular formula is C24H38N4O. The molecule has 5 heteroatoms. The molecule has 1 aromatic heterocycles. The highest BCUT2D eigenvalue weighted by molar-refractivity contribution is 5.85. The lowest BCUT2D eigenvalue weighted by Gasteiger charge is -2.44. The Bertz CT molecular complexity index is 822. The number of fused-ring (bicyclic) bond motifs is 1. The third-order valence-electron chi connectivity index (χ3n) is 6.93. The van der Waals surface area contributed by atoms with Crippen LogP contribution in [0.2, 0.25) is 0 Å². The Labute approximate surface area is 175 Å². The summed E-state index contributed by atoms with van der Waals surface area (Å²) in [5, 5.41) is 12.3. The molecule has 2 aromatic rings. The minimum absolute atomic E-state index is 0.253. The second kappa shape index (κ2) is 8.76. The van der Waals surface area contributed by atoms with E-state index >= 15 is 0 Å². The van der Waals surface area contributed by atoms with Crippen LogP contribution in [0.3, 0.4) is 0 Å². The molecule has 3 heterocycles. The second-order valence-corrected chi connectivity index (χ2v) is 9.58. The van der Waals surface area contributed by atoms with Crippen molar-refractivity contribution >= 4 is 10.9 Å². The summed E-state index contributed by atoms with van der Waals surface area (Å²) >= 11 is 0. The molecule has 4 rings (SSSR count). The van der Waals surface area contributed by atoms with E-state index in [0.717, 1.165) is 58.8 Å². The van der Waals surface area contributed by atoms with E-state index in [4.69, 9.17) is 0 Å². The molecule has 2 atom stereocenters. The van der Waals surface area contributed by atoms with Crippen LogP contribution in [0, 0.1) is 12.8 Å². The molecule has 29 heavy (non-hydrogen) atoms. The van der Waals surface area contributed by atoms with Crippen molar-refractivity contribution in [3.63, 3.8) is 0 Å². The lowest BCUT2D eigenvalue weighted by molar-refractivity contribution is -0.0285.